The topological polar surface area (TPSA) is 59.7 Å². The number of hydrogen-bond donors (Lipinski definition) is 1. The molecule has 0 amide bonds. The van der Waals surface area contributed by atoms with Crippen LogP contribution in [0, 0.1) is 18.3 Å². The van der Waals surface area contributed by atoms with Gasteiger partial charge in [-0.3, -0.25) is 0 Å². The Hall–Kier alpha value is -1.55. The standard InChI is InChI=1S/C20H28O4/c1-12(2)9-16(21)24-18-17-13(3)11-23-15(17)10-20(22)8-6-7-14(4)19(18,20)5/h9,11,14,18,22H,6-8,10H2,1-5H3/t14-,18+,19-,20-/m0/s1. The molecule has 0 saturated heterocycles. The number of rotatable bonds is 2. The molecular formula is C20H28O4. The highest BCUT2D eigenvalue weighted by atomic mass is 16.5. The number of allylic oxidation sites excluding steroid dienone is 1. The molecule has 1 aromatic rings. The molecule has 0 unspecified atom stereocenters. The Labute approximate surface area is 143 Å². The van der Waals surface area contributed by atoms with Gasteiger partial charge in [-0.1, -0.05) is 25.8 Å². The second-order valence-corrected chi connectivity index (χ2v) is 8.08. The third kappa shape index (κ3) is 2.43. The zero-order valence-corrected chi connectivity index (χ0v) is 15.3. The van der Waals surface area contributed by atoms with Gasteiger partial charge in [-0.05, 0) is 45.1 Å². The summed E-state index contributed by atoms with van der Waals surface area (Å²) in [7, 11) is 0. The number of fused-ring (bicyclic) bond motifs is 2. The summed E-state index contributed by atoms with van der Waals surface area (Å²) in [5, 5.41) is 11.5. The maximum Gasteiger partial charge on any atom is 0.331 e. The van der Waals surface area contributed by atoms with Crippen molar-refractivity contribution < 1.29 is 19.1 Å². The van der Waals surface area contributed by atoms with Gasteiger partial charge < -0.3 is 14.3 Å². The van der Waals surface area contributed by atoms with Crippen molar-refractivity contribution in [2.24, 2.45) is 11.3 Å². The Bertz CT molecular complexity index is 682. The van der Waals surface area contributed by atoms with Crippen LogP contribution in [-0.4, -0.2) is 16.7 Å². The van der Waals surface area contributed by atoms with Gasteiger partial charge in [0.1, 0.15) is 11.9 Å². The number of aryl methyl sites for hydroxylation is 1. The summed E-state index contributed by atoms with van der Waals surface area (Å²) in [6.45, 7) is 9.96. The van der Waals surface area contributed by atoms with Gasteiger partial charge in [-0.2, -0.15) is 0 Å². The predicted octanol–water partition coefficient (Wildman–Crippen LogP) is 4.25. The third-order valence-electron chi connectivity index (χ3n) is 6.26. The van der Waals surface area contributed by atoms with Crippen molar-refractivity contribution in [1.29, 1.82) is 0 Å². The van der Waals surface area contributed by atoms with E-state index in [1.165, 1.54) is 6.08 Å². The van der Waals surface area contributed by atoms with Crippen LogP contribution < -0.4 is 0 Å². The number of carbonyl (C=O) groups excluding carboxylic acids is 1. The molecule has 3 rings (SSSR count). The van der Waals surface area contributed by atoms with Crippen molar-refractivity contribution in [2.75, 3.05) is 0 Å². The fourth-order valence-electron chi connectivity index (χ4n) is 4.64. The molecule has 0 aromatic carbocycles. The summed E-state index contributed by atoms with van der Waals surface area (Å²) >= 11 is 0. The van der Waals surface area contributed by atoms with Crippen molar-refractivity contribution in [3.63, 3.8) is 0 Å². The molecule has 0 bridgehead atoms. The summed E-state index contributed by atoms with van der Waals surface area (Å²) in [4.78, 5) is 12.4. The largest absolute Gasteiger partial charge is 0.469 e. The maximum atomic E-state index is 12.4. The summed E-state index contributed by atoms with van der Waals surface area (Å²) in [6.07, 6.45) is 5.96. The summed E-state index contributed by atoms with van der Waals surface area (Å²) in [5.74, 6) is 0.662. The lowest BCUT2D eigenvalue weighted by molar-refractivity contribution is -0.210. The van der Waals surface area contributed by atoms with Gasteiger partial charge in [0.05, 0.1) is 11.9 Å². The average Bonchev–Trinajstić information content (AvgIpc) is 2.82. The number of carbonyl (C=O) groups is 1. The van der Waals surface area contributed by atoms with E-state index >= 15 is 0 Å². The number of furan rings is 1. The van der Waals surface area contributed by atoms with Crippen LogP contribution >= 0.6 is 0 Å². The first-order valence-electron chi connectivity index (χ1n) is 8.84. The van der Waals surface area contributed by atoms with Gasteiger partial charge >= 0.3 is 5.97 Å². The number of hydrogen-bond acceptors (Lipinski definition) is 4. The minimum absolute atomic E-state index is 0.253. The fourth-order valence-corrected chi connectivity index (χ4v) is 4.64. The normalized spacial score (nSPS) is 34.9. The van der Waals surface area contributed by atoms with Crippen molar-refractivity contribution >= 4 is 5.97 Å². The van der Waals surface area contributed by atoms with Crippen LogP contribution in [0.1, 0.15) is 69.9 Å². The molecular weight excluding hydrogens is 304 g/mol. The maximum absolute atomic E-state index is 12.4. The van der Waals surface area contributed by atoms with E-state index in [2.05, 4.69) is 13.8 Å². The molecule has 2 aliphatic rings. The molecule has 4 atom stereocenters. The Morgan fingerprint density at radius 3 is 2.83 bits per heavy atom. The quantitative estimate of drug-likeness (QED) is 0.649. The highest BCUT2D eigenvalue weighted by Gasteiger charge is 2.62. The predicted molar refractivity (Wildman–Crippen MR) is 91.5 cm³/mol. The second kappa shape index (κ2) is 5.76. The minimum Gasteiger partial charge on any atom is -0.469 e. The molecule has 4 heteroatoms. The molecule has 1 aromatic heterocycles. The average molecular weight is 332 g/mol. The van der Waals surface area contributed by atoms with Crippen molar-refractivity contribution in [3.8, 4) is 0 Å². The number of esters is 1. The molecule has 0 aliphatic heterocycles. The smallest absolute Gasteiger partial charge is 0.331 e. The fraction of sp³-hybridized carbons (Fsp3) is 0.650. The molecule has 1 saturated carbocycles. The Morgan fingerprint density at radius 1 is 1.46 bits per heavy atom. The summed E-state index contributed by atoms with van der Waals surface area (Å²) in [6, 6.07) is 0. The van der Waals surface area contributed by atoms with E-state index in [0.29, 0.717) is 12.8 Å². The van der Waals surface area contributed by atoms with Crippen LogP contribution in [0.5, 0.6) is 0 Å². The summed E-state index contributed by atoms with van der Waals surface area (Å²) in [5.41, 5.74) is 1.42. The molecule has 1 heterocycles. The molecule has 132 valence electrons. The van der Waals surface area contributed by atoms with E-state index in [4.69, 9.17) is 9.15 Å². The van der Waals surface area contributed by atoms with Crippen molar-refractivity contribution in [1.82, 2.24) is 0 Å². The minimum atomic E-state index is -0.905. The van der Waals surface area contributed by atoms with Crippen LogP contribution in [0.2, 0.25) is 0 Å². The highest BCUT2D eigenvalue weighted by molar-refractivity contribution is 5.83. The van der Waals surface area contributed by atoms with Crippen molar-refractivity contribution in [3.05, 3.63) is 34.8 Å². The Kier molecular flexibility index (Phi) is 4.15. The first-order valence-corrected chi connectivity index (χ1v) is 8.84. The number of aliphatic hydroxyl groups is 1. The molecule has 1 N–H and O–H groups in total. The zero-order valence-electron chi connectivity index (χ0n) is 15.3. The van der Waals surface area contributed by atoms with E-state index in [1.807, 2.05) is 20.8 Å². The van der Waals surface area contributed by atoms with Gasteiger partial charge in [-0.15, -0.1) is 0 Å². The van der Waals surface area contributed by atoms with Crippen LogP contribution in [0.4, 0.5) is 0 Å². The van der Waals surface area contributed by atoms with E-state index in [1.54, 1.807) is 6.26 Å². The SMILES string of the molecule is CC(C)=CC(=O)O[C@@H]1c2c(C)coc2C[C@@]2(O)CCC[C@H](C)[C@@]12C. The van der Waals surface area contributed by atoms with Gasteiger partial charge in [-0.25, -0.2) is 4.79 Å². The summed E-state index contributed by atoms with van der Waals surface area (Å²) < 4.78 is 11.6. The third-order valence-corrected chi connectivity index (χ3v) is 6.26. The van der Waals surface area contributed by atoms with Gasteiger partial charge in [0.15, 0.2) is 0 Å². The lowest BCUT2D eigenvalue weighted by atomic mass is 9.51. The van der Waals surface area contributed by atoms with Gasteiger partial charge in [0.25, 0.3) is 0 Å². The van der Waals surface area contributed by atoms with E-state index in [0.717, 1.165) is 35.3 Å². The van der Waals surface area contributed by atoms with Crippen molar-refractivity contribution in [2.45, 2.75) is 72.0 Å². The first kappa shape index (κ1) is 17.3. The van der Waals surface area contributed by atoms with E-state index < -0.39 is 17.1 Å². The molecule has 1 fully saturated rings. The lowest BCUT2D eigenvalue weighted by Gasteiger charge is -2.57. The highest BCUT2D eigenvalue weighted by Crippen LogP contribution is 2.61. The Morgan fingerprint density at radius 2 is 2.17 bits per heavy atom. The molecule has 0 radical (unpaired) electrons. The number of ether oxygens (including phenoxy) is 1. The molecule has 4 nitrogen and oxygen atoms in total. The molecule has 0 spiro atoms. The van der Waals surface area contributed by atoms with Crippen LogP contribution in [0.15, 0.2) is 22.3 Å². The molecule has 24 heavy (non-hydrogen) atoms. The van der Waals surface area contributed by atoms with Crippen LogP contribution in [0.25, 0.3) is 0 Å². The van der Waals surface area contributed by atoms with Gasteiger partial charge in [0.2, 0.25) is 0 Å². The van der Waals surface area contributed by atoms with Crippen LogP contribution in [0.3, 0.4) is 0 Å². The monoisotopic (exact) mass is 332 g/mol. The Balaban J connectivity index is 2.11. The zero-order chi connectivity index (χ0) is 17.7. The van der Waals surface area contributed by atoms with Crippen LogP contribution in [-0.2, 0) is 16.0 Å². The lowest BCUT2D eigenvalue weighted by Crippen LogP contribution is -2.60. The molecule has 2 aliphatic carbocycles. The van der Waals surface area contributed by atoms with E-state index in [9.17, 15) is 9.90 Å². The van der Waals surface area contributed by atoms with Gasteiger partial charge in [0, 0.05) is 23.5 Å². The second-order valence-electron chi connectivity index (χ2n) is 8.08. The first-order chi connectivity index (χ1) is 11.2. The van der Waals surface area contributed by atoms with E-state index in [-0.39, 0.29) is 11.9 Å².